The Bertz CT molecular complexity index is 743. The Kier molecular flexibility index (Phi) is 9.81. The fraction of sp³-hybridized carbons (Fsp3) is 0.565. The molecule has 0 aliphatic carbocycles. The molecule has 0 saturated carbocycles. The predicted molar refractivity (Wildman–Crippen MR) is 121 cm³/mol. The van der Waals surface area contributed by atoms with Crippen molar-refractivity contribution in [2.24, 2.45) is 5.73 Å². The lowest BCUT2D eigenvalue weighted by Crippen LogP contribution is -2.52. The molecule has 8 heteroatoms. The number of urea groups is 1. The number of hydrogen-bond acceptors (Lipinski definition) is 5. The predicted octanol–water partition coefficient (Wildman–Crippen LogP) is 1.26. The van der Waals surface area contributed by atoms with Crippen molar-refractivity contribution >= 4 is 11.9 Å². The Morgan fingerprint density at radius 2 is 1.94 bits per heavy atom. The van der Waals surface area contributed by atoms with Gasteiger partial charge < -0.3 is 25.4 Å². The van der Waals surface area contributed by atoms with Gasteiger partial charge in [0.1, 0.15) is 18.5 Å². The summed E-state index contributed by atoms with van der Waals surface area (Å²) in [6, 6.07) is 5.34. The lowest BCUT2D eigenvalue weighted by atomic mass is 10.0. The third kappa shape index (κ3) is 7.56. The van der Waals surface area contributed by atoms with E-state index in [-0.39, 0.29) is 12.5 Å². The fourth-order valence-electron chi connectivity index (χ4n) is 3.75. The maximum absolute atomic E-state index is 12.4. The fourth-order valence-corrected chi connectivity index (χ4v) is 3.75. The molecule has 8 nitrogen and oxygen atoms in total. The van der Waals surface area contributed by atoms with Gasteiger partial charge in [0.25, 0.3) is 0 Å². The molecule has 0 radical (unpaired) electrons. The van der Waals surface area contributed by atoms with Gasteiger partial charge in [0.05, 0.1) is 6.42 Å². The molecule has 1 atom stereocenters. The van der Waals surface area contributed by atoms with Crippen molar-refractivity contribution in [2.75, 3.05) is 52.4 Å². The summed E-state index contributed by atoms with van der Waals surface area (Å²) in [6.07, 6.45) is 2.12. The zero-order valence-corrected chi connectivity index (χ0v) is 18.8. The molecule has 2 rings (SSSR count). The topological polar surface area (TPSA) is 99.3 Å². The van der Waals surface area contributed by atoms with Crippen molar-refractivity contribution in [3.05, 3.63) is 42.0 Å². The lowest BCUT2D eigenvalue weighted by molar-refractivity contribution is -0.130. The summed E-state index contributed by atoms with van der Waals surface area (Å²) in [4.78, 5) is 29.1. The average Bonchev–Trinajstić information content (AvgIpc) is 2.74. The van der Waals surface area contributed by atoms with Gasteiger partial charge in [0.15, 0.2) is 0 Å². The van der Waals surface area contributed by atoms with Crippen LogP contribution in [0.4, 0.5) is 4.79 Å². The van der Waals surface area contributed by atoms with Crippen LogP contribution in [-0.2, 0) is 17.6 Å². The second-order valence-corrected chi connectivity index (χ2v) is 7.77. The molecule has 1 aliphatic rings. The van der Waals surface area contributed by atoms with Gasteiger partial charge in [-0.3, -0.25) is 9.69 Å². The van der Waals surface area contributed by atoms with E-state index in [0.29, 0.717) is 64.4 Å². The molecule has 0 bridgehead atoms. The Morgan fingerprint density at radius 3 is 2.52 bits per heavy atom. The maximum atomic E-state index is 12.4. The first-order valence-corrected chi connectivity index (χ1v) is 11.0. The van der Waals surface area contributed by atoms with Gasteiger partial charge in [-0.2, -0.15) is 0 Å². The van der Waals surface area contributed by atoms with Crippen LogP contribution in [0.2, 0.25) is 0 Å². The first-order valence-electron chi connectivity index (χ1n) is 11.0. The van der Waals surface area contributed by atoms with Crippen LogP contribution in [0.25, 0.3) is 0 Å². The van der Waals surface area contributed by atoms with E-state index in [1.165, 1.54) is 0 Å². The third-order valence-corrected chi connectivity index (χ3v) is 5.54. The second-order valence-electron chi connectivity index (χ2n) is 7.77. The number of likely N-dealkylation sites (N-methyl/N-ethyl adjacent to an activating group) is 1. The summed E-state index contributed by atoms with van der Waals surface area (Å²) >= 11 is 0. The highest BCUT2D eigenvalue weighted by molar-refractivity contribution is 5.78. The molecule has 3 amide bonds. The Balaban J connectivity index is 1.91. The quantitative estimate of drug-likeness (QED) is 0.513. The van der Waals surface area contributed by atoms with Crippen molar-refractivity contribution < 1.29 is 19.4 Å². The molecule has 1 aromatic rings. The first-order chi connectivity index (χ1) is 14.9. The molecule has 0 spiro atoms. The van der Waals surface area contributed by atoms with Gasteiger partial charge in [0.2, 0.25) is 5.91 Å². The van der Waals surface area contributed by atoms with Gasteiger partial charge in [-0.1, -0.05) is 18.2 Å². The number of rotatable bonds is 11. The molecule has 172 valence electrons. The summed E-state index contributed by atoms with van der Waals surface area (Å²) in [6.45, 7) is 12.3. The number of nitrogens with two attached hydrogens (primary N) is 1. The van der Waals surface area contributed by atoms with E-state index in [1.54, 1.807) is 11.0 Å². The molecular formula is C23H36N4O4. The van der Waals surface area contributed by atoms with Gasteiger partial charge in [-0.05, 0) is 37.5 Å². The second kappa shape index (κ2) is 12.3. The SMILES string of the molecule is C=CCc1cc(CC(=O)N(CC)CC)ccc1OCC(O)CN1CCN(C(N)=O)CC1. The average molecular weight is 433 g/mol. The smallest absolute Gasteiger partial charge is 0.314 e. The van der Waals surface area contributed by atoms with Crippen LogP contribution in [0, 0.1) is 0 Å². The zero-order valence-electron chi connectivity index (χ0n) is 18.8. The van der Waals surface area contributed by atoms with Gasteiger partial charge in [-0.15, -0.1) is 6.58 Å². The van der Waals surface area contributed by atoms with Gasteiger partial charge in [0, 0.05) is 45.8 Å². The Morgan fingerprint density at radius 1 is 1.26 bits per heavy atom. The summed E-state index contributed by atoms with van der Waals surface area (Å²) in [5.41, 5.74) is 7.19. The molecule has 31 heavy (non-hydrogen) atoms. The van der Waals surface area contributed by atoms with E-state index in [0.717, 1.165) is 11.1 Å². The number of amides is 3. The summed E-state index contributed by atoms with van der Waals surface area (Å²) in [5, 5.41) is 10.4. The molecule has 1 aliphatic heterocycles. The van der Waals surface area contributed by atoms with Crippen molar-refractivity contribution in [3.63, 3.8) is 0 Å². The number of benzene rings is 1. The summed E-state index contributed by atoms with van der Waals surface area (Å²) in [7, 11) is 0. The number of aliphatic hydroxyl groups is 1. The van der Waals surface area contributed by atoms with Gasteiger partial charge >= 0.3 is 6.03 Å². The molecule has 1 unspecified atom stereocenters. The normalized spacial score (nSPS) is 15.4. The number of ether oxygens (including phenoxy) is 1. The standard InChI is InChI=1S/C23H36N4O4/c1-4-7-19-14-18(15-22(29)26(5-2)6-3)8-9-21(19)31-17-20(28)16-25-10-12-27(13-11-25)23(24)30/h4,8-9,14,20,28H,1,5-7,10-13,15-17H2,2-3H3,(H2,24,30). The van der Waals surface area contributed by atoms with Crippen LogP contribution >= 0.6 is 0 Å². The van der Waals surface area contributed by atoms with E-state index < -0.39 is 12.1 Å². The van der Waals surface area contributed by atoms with E-state index >= 15 is 0 Å². The van der Waals surface area contributed by atoms with Crippen LogP contribution < -0.4 is 10.5 Å². The molecule has 1 heterocycles. The highest BCUT2D eigenvalue weighted by Crippen LogP contribution is 2.22. The highest BCUT2D eigenvalue weighted by Gasteiger charge is 2.21. The molecule has 1 saturated heterocycles. The van der Waals surface area contributed by atoms with Crippen LogP contribution in [-0.4, -0.2) is 90.3 Å². The number of primary amides is 1. The van der Waals surface area contributed by atoms with Crippen LogP contribution in [0.15, 0.2) is 30.9 Å². The van der Waals surface area contributed by atoms with Gasteiger partial charge in [-0.25, -0.2) is 4.79 Å². The number of hydrogen-bond donors (Lipinski definition) is 2. The number of carbonyl (C=O) groups excluding carboxylic acids is 2. The third-order valence-electron chi connectivity index (χ3n) is 5.54. The monoisotopic (exact) mass is 432 g/mol. The molecule has 3 N–H and O–H groups in total. The Hall–Kier alpha value is -2.58. The number of allylic oxidation sites excluding steroid dienone is 1. The zero-order chi connectivity index (χ0) is 22.8. The largest absolute Gasteiger partial charge is 0.491 e. The minimum Gasteiger partial charge on any atom is -0.491 e. The molecular weight excluding hydrogens is 396 g/mol. The number of β-amino-alcohol motifs (C(OH)–C–C–N with tert-alkyl or cyclic N) is 1. The van der Waals surface area contributed by atoms with Crippen molar-refractivity contribution in [2.45, 2.75) is 32.8 Å². The molecule has 0 aromatic heterocycles. The summed E-state index contributed by atoms with van der Waals surface area (Å²) < 4.78 is 5.90. The maximum Gasteiger partial charge on any atom is 0.314 e. The molecule has 1 aromatic carbocycles. The van der Waals surface area contributed by atoms with E-state index in [2.05, 4.69) is 11.5 Å². The van der Waals surface area contributed by atoms with Crippen molar-refractivity contribution in [1.82, 2.24) is 14.7 Å². The van der Waals surface area contributed by atoms with E-state index in [4.69, 9.17) is 10.5 Å². The van der Waals surface area contributed by atoms with E-state index in [9.17, 15) is 14.7 Å². The lowest BCUT2D eigenvalue weighted by Gasteiger charge is -2.34. The highest BCUT2D eigenvalue weighted by atomic mass is 16.5. The minimum atomic E-state index is -0.652. The first kappa shape index (κ1) is 24.7. The number of carbonyl (C=O) groups is 2. The van der Waals surface area contributed by atoms with Crippen molar-refractivity contribution in [1.29, 1.82) is 0 Å². The van der Waals surface area contributed by atoms with Crippen LogP contribution in [0.3, 0.4) is 0 Å². The van der Waals surface area contributed by atoms with Crippen molar-refractivity contribution in [3.8, 4) is 5.75 Å². The number of nitrogens with zero attached hydrogens (tertiary/aromatic N) is 3. The Labute approximate surface area is 185 Å². The number of aliphatic hydroxyl groups excluding tert-OH is 1. The summed E-state index contributed by atoms with van der Waals surface area (Å²) in [5.74, 6) is 0.798. The van der Waals surface area contributed by atoms with Crippen LogP contribution in [0.5, 0.6) is 5.75 Å². The van der Waals surface area contributed by atoms with E-state index in [1.807, 2.05) is 36.9 Å². The minimum absolute atomic E-state index is 0.107. The number of piperazine rings is 1. The van der Waals surface area contributed by atoms with Crippen LogP contribution in [0.1, 0.15) is 25.0 Å². The molecule has 1 fully saturated rings.